The highest BCUT2D eigenvalue weighted by atomic mass is 35.5. The Bertz CT molecular complexity index is 828. The highest BCUT2D eigenvalue weighted by Crippen LogP contribution is 2.28. The first-order chi connectivity index (χ1) is 14.9. The summed E-state index contributed by atoms with van der Waals surface area (Å²) in [6.45, 7) is 4.98. The van der Waals surface area contributed by atoms with Gasteiger partial charge < -0.3 is 10.2 Å². The van der Waals surface area contributed by atoms with Crippen LogP contribution in [0.25, 0.3) is 0 Å². The van der Waals surface area contributed by atoms with Gasteiger partial charge in [0, 0.05) is 28.9 Å². The molecule has 0 fully saturated rings. The standard InChI is InChI=1S/C24H30Cl2N2O2S/c1-3-4-14-27-24(30)18(2)28(15-13-19-9-6-5-7-10-19)23(29)17-31-16-20-21(25)11-8-12-22(20)26/h5-12,18H,3-4,13-17H2,1-2H3,(H,27,30)/t18-/m0/s1. The Balaban J connectivity index is 2.01. The highest BCUT2D eigenvalue weighted by Gasteiger charge is 2.25. The van der Waals surface area contributed by atoms with Gasteiger partial charge in [-0.1, -0.05) is 72.9 Å². The maximum Gasteiger partial charge on any atom is 0.242 e. The SMILES string of the molecule is CCCCNC(=O)[C@H](C)N(CCc1ccccc1)C(=O)CSCc1c(Cl)cccc1Cl. The predicted molar refractivity (Wildman–Crippen MR) is 132 cm³/mol. The zero-order chi connectivity index (χ0) is 22.6. The van der Waals surface area contributed by atoms with Gasteiger partial charge >= 0.3 is 0 Å². The lowest BCUT2D eigenvalue weighted by Crippen LogP contribution is -2.49. The van der Waals surface area contributed by atoms with Crippen LogP contribution in [0.15, 0.2) is 48.5 Å². The molecule has 0 aliphatic carbocycles. The number of unbranched alkanes of at least 4 members (excludes halogenated alkanes) is 1. The minimum Gasteiger partial charge on any atom is -0.354 e. The molecule has 0 aliphatic heterocycles. The van der Waals surface area contributed by atoms with E-state index in [1.165, 1.54) is 11.8 Å². The largest absolute Gasteiger partial charge is 0.354 e. The molecule has 2 amide bonds. The smallest absolute Gasteiger partial charge is 0.242 e. The van der Waals surface area contributed by atoms with Crippen molar-refractivity contribution in [1.29, 1.82) is 0 Å². The van der Waals surface area contributed by atoms with Crippen molar-refractivity contribution in [2.45, 2.75) is 44.9 Å². The molecule has 1 N–H and O–H groups in total. The molecular formula is C24H30Cl2N2O2S. The van der Waals surface area contributed by atoms with E-state index in [1.807, 2.05) is 30.3 Å². The molecule has 0 saturated heterocycles. The molecule has 2 rings (SSSR count). The van der Waals surface area contributed by atoms with E-state index in [-0.39, 0.29) is 17.6 Å². The molecule has 0 bridgehead atoms. The lowest BCUT2D eigenvalue weighted by molar-refractivity contribution is -0.137. The third kappa shape index (κ3) is 8.40. The summed E-state index contributed by atoms with van der Waals surface area (Å²) in [5.41, 5.74) is 1.96. The van der Waals surface area contributed by atoms with E-state index in [0.29, 0.717) is 35.3 Å². The van der Waals surface area contributed by atoms with Gasteiger partial charge in [-0.2, -0.15) is 0 Å². The molecule has 4 nitrogen and oxygen atoms in total. The van der Waals surface area contributed by atoms with Crippen molar-refractivity contribution in [3.05, 3.63) is 69.7 Å². The van der Waals surface area contributed by atoms with Gasteiger partial charge in [0.2, 0.25) is 11.8 Å². The number of rotatable bonds is 12. The molecule has 0 spiro atoms. The van der Waals surface area contributed by atoms with E-state index in [0.717, 1.165) is 24.0 Å². The first-order valence-corrected chi connectivity index (χ1v) is 12.5. The van der Waals surface area contributed by atoms with Crippen LogP contribution in [0.5, 0.6) is 0 Å². The van der Waals surface area contributed by atoms with Crippen LogP contribution in [-0.4, -0.2) is 41.6 Å². The van der Waals surface area contributed by atoms with E-state index in [1.54, 1.807) is 30.0 Å². The number of halogens is 2. The summed E-state index contributed by atoms with van der Waals surface area (Å²) in [5.74, 6) is 0.604. The van der Waals surface area contributed by atoms with Crippen LogP contribution < -0.4 is 5.32 Å². The summed E-state index contributed by atoms with van der Waals surface area (Å²) < 4.78 is 0. The van der Waals surface area contributed by atoms with Crippen LogP contribution in [0, 0.1) is 0 Å². The Morgan fingerprint density at radius 2 is 1.74 bits per heavy atom. The highest BCUT2D eigenvalue weighted by molar-refractivity contribution is 7.99. The van der Waals surface area contributed by atoms with Gasteiger partial charge in [0.1, 0.15) is 6.04 Å². The first kappa shape index (κ1) is 25.6. The van der Waals surface area contributed by atoms with Crippen molar-refractivity contribution in [3.63, 3.8) is 0 Å². The Labute approximate surface area is 199 Å². The fraction of sp³-hybridized carbons (Fsp3) is 0.417. The second-order valence-electron chi connectivity index (χ2n) is 7.34. The summed E-state index contributed by atoms with van der Waals surface area (Å²) >= 11 is 13.9. The summed E-state index contributed by atoms with van der Waals surface area (Å²) in [6.07, 6.45) is 2.62. The first-order valence-electron chi connectivity index (χ1n) is 10.6. The maximum absolute atomic E-state index is 13.1. The lowest BCUT2D eigenvalue weighted by Gasteiger charge is -2.28. The second-order valence-corrected chi connectivity index (χ2v) is 9.14. The number of carbonyl (C=O) groups is 2. The molecule has 0 aliphatic rings. The number of benzene rings is 2. The second kappa shape index (κ2) is 13.7. The molecule has 31 heavy (non-hydrogen) atoms. The normalized spacial score (nSPS) is 11.7. The van der Waals surface area contributed by atoms with Crippen molar-refractivity contribution in [2.24, 2.45) is 0 Å². The quantitative estimate of drug-likeness (QED) is 0.402. The number of nitrogens with one attached hydrogen (secondary N) is 1. The monoisotopic (exact) mass is 480 g/mol. The summed E-state index contributed by atoms with van der Waals surface area (Å²) in [5, 5.41) is 4.13. The molecule has 0 heterocycles. The molecule has 2 aromatic rings. The Kier molecular flexibility index (Phi) is 11.3. The van der Waals surface area contributed by atoms with Crippen LogP contribution >= 0.6 is 35.0 Å². The Morgan fingerprint density at radius 1 is 1.06 bits per heavy atom. The van der Waals surface area contributed by atoms with E-state index >= 15 is 0 Å². The van der Waals surface area contributed by atoms with E-state index in [2.05, 4.69) is 12.2 Å². The van der Waals surface area contributed by atoms with E-state index < -0.39 is 6.04 Å². The van der Waals surface area contributed by atoms with Gasteiger partial charge in [-0.3, -0.25) is 9.59 Å². The third-order valence-electron chi connectivity index (χ3n) is 5.01. The van der Waals surface area contributed by atoms with Crippen LogP contribution in [0.4, 0.5) is 0 Å². The van der Waals surface area contributed by atoms with Gasteiger partial charge in [-0.25, -0.2) is 0 Å². The van der Waals surface area contributed by atoms with Crippen molar-refractivity contribution < 1.29 is 9.59 Å². The number of amides is 2. The Morgan fingerprint density at radius 3 is 2.39 bits per heavy atom. The molecule has 7 heteroatoms. The summed E-state index contributed by atoms with van der Waals surface area (Å²) in [7, 11) is 0. The molecule has 168 valence electrons. The number of nitrogens with zero attached hydrogens (tertiary/aromatic N) is 1. The summed E-state index contributed by atoms with van der Waals surface area (Å²) in [4.78, 5) is 27.3. The molecule has 0 unspecified atom stereocenters. The predicted octanol–water partition coefficient (Wildman–Crippen LogP) is 5.60. The molecule has 0 saturated carbocycles. The number of thioether (sulfide) groups is 1. The third-order valence-corrected chi connectivity index (χ3v) is 6.67. The van der Waals surface area contributed by atoms with Gasteiger partial charge in [0.25, 0.3) is 0 Å². The fourth-order valence-corrected chi connectivity index (χ4v) is 4.75. The van der Waals surface area contributed by atoms with Crippen LogP contribution in [0.1, 0.15) is 37.8 Å². The lowest BCUT2D eigenvalue weighted by atomic mass is 10.1. The molecule has 0 radical (unpaired) electrons. The molecule has 0 aromatic heterocycles. The van der Waals surface area contributed by atoms with E-state index in [9.17, 15) is 9.59 Å². The van der Waals surface area contributed by atoms with Crippen LogP contribution in [0.3, 0.4) is 0 Å². The van der Waals surface area contributed by atoms with Gasteiger partial charge in [0.15, 0.2) is 0 Å². The zero-order valence-corrected chi connectivity index (χ0v) is 20.4. The molecular weight excluding hydrogens is 451 g/mol. The fourth-order valence-electron chi connectivity index (χ4n) is 3.10. The number of hydrogen-bond donors (Lipinski definition) is 1. The van der Waals surface area contributed by atoms with Crippen LogP contribution in [-0.2, 0) is 21.8 Å². The van der Waals surface area contributed by atoms with Crippen LogP contribution in [0.2, 0.25) is 10.0 Å². The minimum atomic E-state index is -0.530. The maximum atomic E-state index is 13.1. The van der Waals surface area contributed by atoms with Crippen molar-refractivity contribution >= 4 is 46.8 Å². The van der Waals surface area contributed by atoms with Gasteiger partial charge in [-0.05, 0) is 43.0 Å². The van der Waals surface area contributed by atoms with E-state index in [4.69, 9.17) is 23.2 Å². The number of hydrogen-bond acceptors (Lipinski definition) is 3. The van der Waals surface area contributed by atoms with Crippen molar-refractivity contribution in [2.75, 3.05) is 18.8 Å². The average molecular weight is 481 g/mol. The summed E-state index contributed by atoms with van der Waals surface area (Å²) in [6, 6.07) is 14.8. The zero-order valence-electron chi connectivity index (χ0n) is 18.1. The Hall–Kier alpha value is -1.69. The topological polar surface area (TPSA) is 49.4 Å². The molecule has 2 aromatic carbocycles. The number of carbonyl (C=O) groups excluding carboxylic acids is 2. The van der Waals surface area contributed by atoms with Crippen molar-refractivity contribution in [3.8, 4) is 0 Å². The molecule has 1 atom stereocenters. The average Bonchev–Trinajstić information content (AvgIpc) is 2.76. The minimum absolute atomic E-state index is 0.0674. The van der Waals surface area contributed by atoms with Gasteiger partial charge in [-0.15, -0.1) is 11.8 Å². The van der Waals surface area contributed by atoms with Gasteiger partial charge in [0.05, 0.1) is 5.75 Å². The van der Waals surface area contributed by atoms with Crippen molar-refractivity contribution in [1.82, 2.24) is 10.2 Å².